The summed E-state index contributed by atoms with van der Waals surface area (Å²) in [5, 5.41) is 13.3. The van der Waals surface area contributed by atoms with Crippen molar-refractivity contribution in [3.05, 3.63) is 57.9 Å². The van der Waals surface area contributed by atoms with Gasteiger partial charge in [0.05, 0.1) is 4.92 Å². The molecular formula is C12H10N4O3. The summed E-state index contributed by atoms with van der Waals surface area (Å²) in [6.45, 7) is 1.53. The monoisotopic (exact) mass is 258 g/mol. The van der Waals surface area contributed by atoms with Crippen LogP contribution in [-0.2, 0) is 0 Å². The van der Waals surface area contributed by atoms with Crippen LogP contribution in [0.4, 0.5) is 11.6 Å². The van der Waals surface area contributed by atoms with E-state index in [2.05, 4.69) is 15.3 Å². The van der Waals surface area contributed by atoms with Crippen LogP contribution in [0.15, 0.2) is 36.7 Å². The maximum atomic E-state index is 12.0. The van der Waals surface area contributed by atoms with Crippen molar-refractivity contribution in [3.8, 4) is 0 Å². The lowest BCUT2D eigenvalue weighted by atomic mass is 10.1. The zero-order valence-electron chi connectivity index (χ0n) is 10.0. The van der Waals surface area contributed by atoms with E-state index >= 15 is 0 Å². The van der Waals surface area contributed by atoms with Gasteiger partial charge in [-0.05, 0) is 19.1 Å². The summed E-state index contributed by atoms with van der Waals surface area (Å²) in [7, 11) is 0. The number of benzene rings is 1. The molecule has 7 nitrogen and oxygen atoms in total. The van der Waals surface area contributed by atoms with E-state index in [0.29, 0.717) is 5.56 Å². The highest BCUT2D eigenvalue weighted by Crippen LogP contribution is 2.21. The number of nitrogens with zero attached hydrogens (tertiary/aromatic N) is 3. The quantitative estimate of drug-likeness (QED) is 0.670. The van der Waals surface area contributed by atoms with Crippen molar-refractivity contribution in [3.63, 3.8) is 0 Å². The van der Waals surface area contributed by atoms with Crippen LogP contribution in [0.3, 0.4) is 0 Å². The van der Waals surface area contributed by atoms with Crippen molar-refractivity contribution in [2.45, 2.75) is 6.92 Å². The number of carbonyl (C=O) groups excluding carboxylic acids is 1. The number of nitro groups is 1. The first-order valence-electron chi connectivity index (χ1n) is 5.42. The molecule has 2 aromatic rings. The van der Waals surface area contributed by atoms with Crippen LogP contribution in [-0.4, -0.2) is 20.8 Å². The highest BCUT2D eigenvalue weighted by atomic mass is 16.6. The molecule has 1 amide bonds. The fraction of sp³-hybridized carbons (Fsp3) is 0.0833. The van der Waals surface area contributed by atoms with Crippen LogP contribution >= 0.6 is 0 Å². The van der Waals surface area contributed by atoms with Crippen molar-refractivity contribution in [2.24, 2.45) is 0 Å². The number of hydrogen-bond acceptors (Lipinski definition) is 5. The average molecular weight is 258 g/mol. The smallest absolute Gasteiger partial charge is 0.273 e. The number of amides is 1. The molecule has 0 saturated heterocycles. The second-order valence-corrected chi connectivity index (χ2v) is 3.73. The minimum Gasteiger partial charge on any atom is -0.290 e. The number of hydrogen-bond donors (Lipinski definition) is 1. The van der Waals surface area contributed by atoms with Crippen LogP contribution in [0.5, 0.6) is 0 Å². The maximum Gasteiger partial charge on any atom is 0.273 e. The third kappa shape index (κ3) is 2.71. The van der Waals surface area contributed by atoms with E-state index < -0.39 is 10.8 Å². The van der Waals surface area contributed by atoms with Crippen molar-refractivity contribution >= 4 is 17.5 Å². The molecular weight excluding hydrogens is 248 g/mol. The van der Waals surface area contributed by atoms with E-state index in [1.165, 1.54) is 37.5 Å². The van der Waals surface area contributed by atoms with Gasteiger partial charge in [-0.3, -0.25) is 20.2 Å². The van der Waals surface area contributed by atoms with Gasteiger partial charge < -0.3 is 0 Å². The molecule has 0 aliphatic heterocycles. The number of anilines is 1. The van der Waals surface area contributed by atoms with E-state index in [1.807, 2.05) is 0 Å². The van der Waals surface area contributed by atoms with Crippen molar-refractivity contribution < 1.29 is 9.72 Å². The van der Waals surface area contributed by atoms with Crippen molar-refractivity contribution in [1.29, 1.82) is 0 Å². The normalized spacial score (nSPS) is 9.95. The summed E-state index contributed by atoms with van der Waals surface area (Å²) in [6.07, 6.45) is 2.98. The lowest BCUT2D eigenvalue weighted by molar-refractivity contribution is -0.385. The summed E-state index contributed by atoms with van der Waals surface area (Å²) in [5.41, 5.74) is 0.434. The van der Waals surface area contributed by atoms with Gasteiger partial charge >= 0.3 is 0 Å². The Bertz CT molecular complexity index is 628. The largest absolute Gasteiger partial charge is 0.290 e. The van der Waals surface area contributed by atoms with Crippen LogP contribution in [0, 0.1) is 17.0 Å². The van der Waals surface area contributed by atoms with Gasteiger partial charge in [0, 0.05) is 29.6 Å². The summed E-state index contributed by atoms with van der Waals surface area (Å²) in [5.74, 6) is -0.328. The van der Waals surface area contributed by atoms with E-state index in [-0.39, 0.29) is 17.2 Å². The van der Waals surface area contributed by atoms with Gasteiger partial charge in [0.1, 0.15) is 0 Å². The molecule has 0 unspecified atom stereocenters. The van der Waals surface area contributed by atoms with Crippen LogP contribution in [0.2, 0.25) is 0 Å². The minimum absolute atomic E-state index is 0.0957. The number of carbonyl (C=O) groups is 1. The van der Waals surface area contributed by atoms with Crippen LogP contribution in [0.25, 0.3) is 0 Å². The molecule has 0 spiro atoms. The van der Waals surface area contributed by atoms with Crippen LogP contribution in [0.1, 0.15) is 15.9 Å². The lowest BCUT2D eigenvalue weighted by Crippen LogP contribution is -2.15. The third-order valence-electron chi connectivity index (χ3n) is 2.54. The first-order valence-corrected chi connectivity index (χ1v) is 5.42. The molecule has 1 aromatic heterocycles. The minimum atomic E-state index is -0.523. The van der Waals surface area contributed by atoms with Gasteiger partial charge in [-0.2, -0.15) is 0 Å². The molecule has 0 saturated carbocycles. The van der Waals surface area contributed by atoms with Crippen molar-refractivity contribution in [1.82, 2.24) is 9.97 Å². The molecule has 0 aliphatic rings. The summed E-state index contributed by atoms with van der Waals surface area (Å²) in [6, 6.07) is 5.95. The van der Waals surface area contributed by atoms with Gasteiger partial charge in [0.2, 0.25) is 5.95 Å². The molecule has 0 fully saturated rings. The fourth-order valence-corrected chi connectivity index (χ4v) is 1.60. The second kappa shape index (κ2) is 5.21. The van der Waals surface area contributed by atoms with E-state index in [9.17, 15) is 14.9 Å². The van der Waals surface area contributed by atoms with Crippen LogP contribution < -0.4 is 5.32 Å². The van der Waals surface area contributed by atoms with Crippen molar-refractivity contribution in [2.75, 3.05) is 5.32 Å². The highest BCUT2D eigenvalue weighted by Gasteiger charge is 2.18. The number of rotatable bonds is 3. The molecule has 0 bridgehead atoms. The summed E-state index contributed by atoms with van der Waals surface area (Å²) in [4.78, 5) is 30.0. The molecule has 2 rings (SSSR count). The number of aromatic nitrogens is 2. The highest BCUT2D eigenvalue weighted by molar-refractivity contribution is 6.04. The Hall–Kier alpha value is -2.83. The van der Waals surface area contributed by atoms with E-state index in [4.69, 9.17) is 0 Å². The molecule has 1 aromatic carbocycles. The Balaban J connectivity index is 2.30. The van der Waals surface area contributed by atoms with Gasteiger partial charge in [-0.1, -0.05) is 6.07 Å². The Morgan fingerprint density at radius 2 is 1.95 bits per heavy atom. The third-order valence-corrected chi connectivity index (χ3v) is 2.54. The molecule has 7 heteroatoms. The first kappa shape index (κ1) is 12.6. The Morgan fingerprint density at radius 3 is 2.58 bits per heavy atom. The number of nitro benzene ring substituents is 1. The Kier molecular flexibility index (Phi) is 3.46. The van der Waals surface area contributed by atoms with E-state index in [1.54, 1.807) is 6.07 Å². The molecule has 0 aliphatic carbocycles. The Labute approximate surface area is 108 Å². The zero-order chi connectivity index (χ0) is 13.8. The maximum absolute atomic E-state index is 12.0. The Morgan fingerprint density at radius 1 is 1.26 bits per heavy atom. The standard InChI is InChI=1S/C12H10N4O3/c1-8-9(4-2-5-10(8)16(18)19)11(17)15-12-13-6-3-7-14-12/h2-7H,1H3,(H,13,14,15,17). The lowest BCUT2D eigenvalue weighted by Gasteiger charge is -2.06. The molecule has 0 atom stereocenters. The van der Waals surface area contributed by atoms with E-state index in [0.717, 1.165) is 0 Å². The second-order valence-electron chi connectivity index (χ2n) is 3.73. The summed E-state index contributed by atoms with van der Waals surface area (Å²) >= 11 is 0. The number of nitrogens with one attached hydrogen (secondary N) is 1. The van der Waals surface area contributed by atoms with Gasteiger partial charge in [-0.15, -0.1) is 0 Å². The molecule has 19 heavy (non-hydrogen) atoms. The van der Waals surface area contributed by atoms with Gasteiger partial charge in [0.25, 0.3) is 11.6 Å². The topological polar surface area (TPSA) is 98.0 Å². The molecule has 1 N–H and O–H groups in total. The fourth-order valence-electron chi connectivity index (χ4n) is 1.60. The predicted molar refractivity (Wildman–Crippen MR) is 67.8 cm³/mol. The molecule has 96 valence electrons. The first-order chi connectivity index (χ1) is 9.09. The zero-order valence-corrected chi connectivity index (χ0v) is 10.0. The molecule has 1 heterocycles. The van der Waals surface area contributed by atoms with Gasteiger partial charge in [0.15, 0.2) is 0 Å². The summed E-state index contributed by atoms with van der Waals surface area (Å²) < 4.78 is 0. The average Bonchev–Trinajstić information content (AvgIpc) is 2.39. The SMILES string of the molecule is Cc1c(C(=O)Nc2ncccn2)cccc1[N+](=O)[O-]. The van der Waals surface area contributed by atoms with Gasteiger partial charge in [-0.25, -0.2) is 9.97 Å². The molecule has 0 radical (unpaired) electrons. The predicted octanol–water partition coefficient (Wildman–Crippen LogP) is 1.95.